The number of likely N-dealkylation sites (tertiary alicyclic amines) is 2. The lowest BCUT2D eigenvalue weighted by molar-refractivity contribution is -0.140. The third kappa shape index (κ3) is 3.69. The molecular formula is C15H28N2O2. The Morgan fingerprint density at radius 3 is 2.47 bits per heavy atom. The highest BCUT2D eigenvalue weighted by atomic mass is 16.5. The zero-order valence-electron chi connectivity index (χ0n) is 12.9. The normalized spacial score (nSPS) is 28.5. The van der Waals surface area contributed by atoms with E-state index in [2.05, 4.69) is 11.8 Å². The minimum Gasteiger partial charge on any atom is -0.366 e. The molecule has 0 aromatic heterocycles. The lowest BCUT2D eigenvalue weighted by Crippen LogP contribution is -2.37. The zero-order valence-corrected chi connectivity index (χ0v) is 12.9. The van der Waals surface area contributed by atoms with Crippen LogP contribution < -0.4 is 0 Å². The Hall–Kier alpha value is -0.610. The third-order valence-electron chi connectivity index (χ3n) is 4.38. The van der Waals surface area contributed by atoms with E-state index in [1.807, 2.05) is 25.7 Å². The largest absolute Gasteiger partial charge is 0.366 e. The van der Waals surface area contributed by atoms with Crippen molar-refractivity contribution >= 4 is 5.91 Å². The second kappa shape index (κ2) is 5.41. The van der Waals surface area contributed by atoms with Gasteiger partial charge in [0.25, 0.3) is 0 Å². The van der Waals surface area contributed by atoms with Crippen LogP contribution in [0.1, 0.15) is 40.5 Å². The van der Waals surface area contributed by atoms with Gasteiger partial charge in [-0.25, -0.2) is 0 Å². The number of ether oxygens (including phenoxy) is 1. The molecule has 110 valence electrons. The van der Waals surface area contributed by atoms with E-state index in [0.29, 0.717) is 5.41 Å². The summed E-state index contributed by atoms with van der Waals surface area (Å²) in [4.78, 5) is 16.7. The van der Waals surface area contributed by atoms with Gasteiger partial charge in [-0.2, -0.15) is 0 Å². The van der Waals surface area contributed by atoms with Crippen molar-refractivity contribution in [1.82, 2.24) is 9.80 Å². The van der Waals surface area contributed by atoms with E-state index in [1.54, 1.807) is 0 Å². The van der Waals surface area contributed by atoms with Crippen LogP contribution in [-0.2, 0) is 9.53 Å². The van der Waals surface area contributed by atoms with Gasteiger partial charge in [-0.05, 0) is 46.7 Å². The molecule has 0 N–H and O–H groups in total. The number of hydrogen-bond donors (Lipinski definition) is 0. The summed E-state index contributed by atoms with van der Waals surface area (Å²) in [7, 11) is 0. The van der Waals surface area contributed by atoms with Crippen LogP contribution in [0.5, 0.6) is 0 Å². The summed E-state index contributed by atoms with van der Waals surface area (Å²) in [6, 6.07) is 0. The van der Waals surface area contributed by atoms with Crippen LogP contribution in [0.15, 0.2) is 0 Å². The molecule has 1 unspecified atom stereocenters. The van der Waals surface area contributed by atoms with Crippen LogP contribution in [0.3, 0.4) is 0 Å². The fourth-order valence-corrected chi connectivity index (χ4v) is 3.15. The van der Waals surface area contributed by atoms with Gasteiger partial charge in [-0.3, -0.25) is 4.79 Å². The lowest BCUT2D eigenvalue weighted by Gasteiger charge is -2.25. The summed E-state index contributed by atoms with van der Waals surface area (Å²) in [5, 5.41) is 0. The minimum absolute atomic E-state index is 0.154. The highest BCUT2D eigenvalue weighted by Gasteiger charge is 2.44. The SMILES string of the molecule is CCN1CCC2(CCN(C(=O)COC(C)(C)C)C2)C1. The molecule has 2 fully saturated rings. The Bertz CT molecular complexity index is 338. The van der Waals surface area contributed by atoms with Gasteiger partial charge in [-0.1, -0.05) is 6.92 Å². The molecular weight excluding hydrogens is 240 g/mol. The highest BCUT2D eigenvalue weighted by molar-refractivity contribution is 5.77. The van der Waals surface area contributed by atoms with Crippen molar-refractivity contribution in [3.05, 3.63) is 0 Å². The number of hydrogen-bond acceptors (Lipinski definition) is 3. The fourth-order valence-electron chi connectivity index (χ4n) is 3.15. The van der Waals surface area contributed by atoms with Crippen LogP contribution in [0.2, 0.25) is 0 Å². The van der Waals surface area contributed by atoms with Crippen molar-refractivity contribution in [2.45, 2.75) is 46.1 Å². The average Bonchev–Trinajstić information content (AvgIpc) is 2.93. The number of amides is 1. The maximum Gasteiger partial charge on any atom is 0.248 e. The molecule has 2 aliphatic heterocycles. The molecule has 0 saturated carbocycles. The van der Waals surface area contributed by atoms with Crippen molar-refractivity contribution < 1.29 is 9.53 Å². The number of rotatable bonds is 3. The first-order valence-electron chi connectivity index (χ1n) is 7.48. The Morgan fingerprint density at radius 1 is 1.21 bits per heavy atom. The van der Waals surface area contributed by atoms with Crippen molar-refractivity contribution in [2.24, 2.45) is 5.41 Å². The predicted octanol–water partition coefficient (Wildman–Crippen LogP) is 1.75. The molecule has 2 saturated heterocycles. The number of carbonyl (C=O) groups excluding carboxylic acids is 1. The van der Waals surface area contributed by atoms with E-state index in [1.165, 1.54) is 13.0 Å². The summed E-state index contributed by atoms with van der Waals surface area (Å²) in [5.41, 5.74) is 0.132. The summed E-state index contributed by atoms with van der Waals surface area (Å²) in [6.07, 6.45) is 2.40. The van der Waals surface area contributed by atoms with Crippen LogP contribution in [0, 0.1) is 5.41 Å². The van der Waals surface area contributed by atoms with Gasteiger partial charge in [0.2, 0.25) is 5.91 Å². The van der Waals surface area contributed by atoms with E-state index in [4.69, 9.17) is 4.74 Å². The predicted molar refractivity (Wildman–Crippen MR) is 76.1 cm³/mol. The molecule has 0 aromatic rings. The Labute approximate surface area is 117 Å². The van der Waals surface area contributed by atoms with Gasteiger partial charge in [0.05, 0.1) is 5.60 Å². The van der Waals surface area contributed by atoms with Crippen molar-refractivity contribution in [2.75, 3.05) is 39.3 Å². The van der Waals surface area contributed by atoms with E-state index < -0.39 is 0 Å². The van der Waals surface area contributed by atoms with Crippen LogP contribution in [0.25, 0.3) is 0 Å². The quantitative estimate of drug-likeness (QED) is 0.782. The first-order valence-corrected chi connectivity index (χ1v) is 7.48. The zero-order chi connectivity index (χ0) is 14.1. The fraction of sp³-hybridized carbons (Fsp3) is 0.933. The van der Waals surface area contributed by atoms with Crippen LogP contribution >= 0.6 is 0 Å². The van der Waals surface area contributed by atoms with Gasteiger partial charge in [0.1, 0.15) is 6.61 Å². The average molecular weight is 268 g/mol. The molecule has 1 atom stereocenters. The van der Waals surface area contributed by atoms with E-state index >= 15 is 0 Å². The smallest absolute Gasteiger partial charge is 0.248 e. The Morgan fingerprint density at radius 2 is 1.89 bits per heavy atom. The molecule has 0 bridgehead atoms. The van der Waals surface area contributed by atoms with E-state index in [0.717, 1.165) is 32.6 Å². The molecule has 0 aromatic carbocycles. The summed E-state index contributed by atoms with van der Waals surface area (Å²) in [5.74, 6) is 0.154. The summed E-state index contributed by atoms with van der Waals surface area (Å²) < 4.78 is 5.60. The maximum absolute atomic E-state index is 12.2. The minimum atomic E-state index is -0.237. The van der Waals surface area contributed by atoms with Gasteiger partial charge in [0, 0.05) is 25.0 Å². The lowest BCUT2D eigenvalue weighted by atomic mass is 9.86. The molecule has 0 radical (unpaired) electrons. The Kier molecular flexibility index (Phi) is 4.21. The van der Waals surface area contributed by atoms with Crippen molar-refractivity contribution in [3.63, 3.8) is 0 Å². The Balaban J connectivity index is 1.83. The monoisotopic (exact) mass is 268 g/mol. The van der Waals surface area contributed by atoms with Crippen LogP contribution in [0.4, 0.5) is 0 Å². The van der Waals surface area contributed by atoms with Gasteiger partial charge in [-0.15, -0.1) is 0 Å². The third-order valence-corrected chi connectivity index (χ3v) is 4.38. The second-order valence-electron chi connectivity index (χ2n) is 7.09. The van der Waals surface area contributed by atoms with Crippen molar-refractivity contribution in [3.8, 4) is 0 Å². The summed E-state index contributed by atoms with van der Waals surface area (Å²) >= 11 is 0. The molecule has 1 amide bonds. The molecule has 1 spiro atoms. The molecule has 4 nitrogen and oxygen atoms in total. The van der Waals surface area contributed by atoms with Crippen molar-refractivity contribution in [1.29, 1.82) is 0 Å². The van der Waals surface area contributed by atoms with Gasteiger partial charge >= 0.3 is 0 Å². The number of nitrogens with zero attached hydrogens (tertiary/aromatic N) is 2. The molecule has 19 heavy (non-hydrogen) atoms. The number of carbonyl (C=O) groups is 1. The van der Waals surface area contributed by atoms with Gasteiger partial charge in [0.15, 0.2) is 0 Å². The maximum atomic E-state index is 12.2. The summed E-state index contributed by atoms with van der Waals surface area (Å²) in [6.45, 7) is 13.7. The molecule has 4 heteroatoms. The van der Waals surface area contributed by atoms with Gasteiger partial charge < -0.3 is 14.5 Å². The first-order chi connectivity index (χ1) is 8.84. The standard InChI is InChI=1S/C15H28N2O2/c1-5-16-8-6-15(11-16)7-9-17(12-15)13(18)10-19-14(2,3)4/h5-12H2,1-4H3. The molecule has 2 aliphatic rings. The highest BCUT2D eigenvalue weighted by Crippen LogP contribution is 2.39. The first kappa shape index (κ1) is 14.8. The van der Waals surface area contributed by atoms with E-state index in [9.17, 15) is 4.79 Å². The van der Waals surface area contributed by atoms with E-state index in [-0.39, 0.29) is 18.1 Å². The van der Waals surface area contributed by atoms with Crippen LogP contribution in [-0.4, -0.2) is 60.6 Å². The molecule has 0 aliphatic carbocycles. The molecule has 2 rings (SSSR count). The second-order valence-corrected chi connectivity index (χ2v) is 7.09. The topological polar surface area (TPSA) is 32.8 Å². The molecule has 2 heterocycles.